The number of benzene rings is 2. The summed E-state index contributed by atoms with van der Waals surface area (Å²) in [7, 11) is 0. The third-order valence-corrected chi connectivity index (χ3v) is 5.07. The molecule has 0 amide bonds. The van der Waals surface area contributed by atoms with Crippen molar-refractivity contribution in [1.82, 2.24) is 14.8 Å². The lowest BCUT2D eigenvalue weighted by atomic mass is 10.2. The van der Waals surface area contributed by atoms with Gasteiger partial charge in [0.1, 0.15) is 18.2 Å². The Hall–Kier alpha value is -2.12. The fraction of sp³-hybridized carbons (Fsp3) is 0.158. The van der Waals surface area contributed by atoms with E-state index in [4.69, 9.17) is 4.74 Å². The van der Waals surface area contributed by atoms with Crippen LogP contribution < -0.4 is 4.74 Å². The highest BCUT2D eigenvalue weighted by atomic mass is 79.9. The molecule has 3 rings (SSSR count). The quantitative estimate of drug-likeness (QED) is 0.359. The molecule has 0 spiro atoms. The first-order valence-corrected chi connectivity index (χ1v) is 9.72. The lowest BCUT2D eigenvalue weighted by Gasteiger charge is -2.09. The summed E-state index contributed by atoms with van der Waals surface area (Å²) in [6, 6.07) is 14.1. The molecule has 0 N–H and O–H groups in total. The standard InChI is InChI=1S/C19H17BrFN3OS/c1-2-10-24-18(12-25-17-8-6-16(21)7-9-17)22-23-19(24)26-13-14-4-3-5-15(20)11-14/h2-9,11H,1,10,12-13H2. The van der Waals surface area contributed by atoms with E-state index in [2.05, 4.69) is 44.8 Å². The summed E-state index contributed by atoms with van der Waals surface area (Å²) in [4.78, 5) is 0. The molecular weight excluding hydrogens is 417 g/mol. The fourth-order valence-electron chi connectivity index (χ4n) is 2.30. The van der Waals surface area contributed by atoms with Crippen molar-refractivity contribution in [3.05, 3.63) is 82.9 Å². The van der Waals surface area contributed by atoms with Crippen molar-refractivity contribution < 1.29 is 9.13 Å². The average molecular weight is 434 g/mol. The summed E-state index contributed by atoms with van der Waals surface area (Å²) >= 11 is 5.09. The van der Waals surface area contributed by atoms with Gasteiger partial charge in [-0.15, -0.1) is 16.8 Å². The molecule has 0 atom stereocenters. The molecule has 0 aliphatic rings. The van der Waals surface area contributed by atoms with Crippen molar-refractivity contribution >= 4 is 27.7 Å². The van der Waals surface area contributed by atoms with Gasteiger partial charge in [-0.3, -0.25) is 4.57 Å². The summed E-state index contributed by atoms with van der Waals surface area (Å²) in [5, 5.41) is 9.32. The van der Waals surface area contributed by atoms with E-state index in [1.165, 1.54) is 17.7 Å². The van der Waals surface area contributed by atoms with Gasteiger partial charge in [-0.05, 0) is 42.0 Å². The maximum absolute atomic E-state index is 13.0. The summed E-state index contributed by atoms with van der Waals surface area (Å²) in [6.07, 6.45) is 1.80. The predicted molar refractivity (Wildman–Crippen MR) is 105 cm³/mol. The van der Waals surface area contributed by atoms with E-state index < -0.39 is 0 Å². The van der Waals surface area contributed by atoms with E-state index >= 15 is 0 Å². The van der Waals surface area contributed by atoms with Gasteiger partial charge >= 0.3 is 0 Å². The SMILES string of the molecule is C=CCn1c(COc2ccc(F)cc2)nnc1SCc1cccc(Br)c1. The third kappa shape index (κ3) is 4.95. The molecule has 1 aromatic heterocycles. The van der Waals surface area contributed by atoms with Crippen LogP contribution in [0.2, 0.25) is 0 Å². The van der Waals surface area contributed by atoms with Crippen LogP contribution in [0.4, 0.5) is 4.39 Å². The Morgan fingerprint density at radius 1 is 1.19 bits per heavy atom. The van der Waals surface area contributed by atoms with Crippen molar-refractivity contribution in [3.63, 3.8) is 0 Å². The number of halogens is 2. The Bertz CT molecular complexity index is 883. The van der Waals surface area contributed by atoms with Gasteiger partial charge in [0.25, 0.3) is 0 Å². The lowest BCUT2D eigenvalue weighted by Crippen LogP contribution is -2.07. The number of rotatable bonds is 8. The summed E-state index contributed by atoms with van der Waals surface area (Å²) in [5.74, 6) is 1.78. The molecule has 3 aromatic rings. The Balaban J connectivity index is 1.68. The first-order valence-electron chi connectivity index (χ1n) is 7.94. The molecule has 0 saturated carbocycles. The summed E-state index contributed by atoms with van der Waals surface area (Å²) in [5.41, 5.74) is 1.20. The maximum Gasteiger partial charge on any atom is 0.191 e. The monoisotopic (exact) mass is 433 g/mol. The molecule has 0 bridgehead atoms. The van der Waals surface area contributed by atoms with Gasteiger partial charge in [-0.2, -0.15) is 0 Å². The average Bonchev–Trinajstić information content (AvgIpc) is 3.02. The number of ether oxygens (including phenoxy) is 1. The number of hydrogen-bond acceptors (Lipinski definition) is 4. The number of hydrogen-bond donors (Lipinski definition) is 0. The van der Waals surface area contributed by atoms with Crippen LogP contribution in [0.1, 0.15) is 11.4 Å². The zero-order valence-electron chi connectivity index (χ0n) is 13.9. The van der Waals surface area contributed by atoms with E-state index in [-0.39, 0.29) is 12.4 Å². The van der Waals surface area contributed by atoms with Gasteiger partial charge in [-0.1, -0.05) is 45.9 Å². The number of thioether (sulfide) groups is 1. The Kier molecular flexibility index (Phi) is 6.46. The Morgan fingerprint density at radius 2 is 2.00 bits per heavy atom. The highest BCUT2D eigenvalue weighted by Crippen LogP contribution is 2.24. The van der Waals surface area contributed by atoms with Gasteiger partial charge in [0.15, 0.2) is 11.0 Å². The van der Waals surface area contributed by atoms with Crippen LogP contribution in [0.15, 0.2) is 70.8 Å². The number of aromatic nitrogens is 3. The molecule has 4 nitrogen and oxygen atoms in total. The molecule has 134 valence electrons. The molecule has 0 radical (unpaired) electrons. The summed E-state index contributed by atoms with van der Waals surface area (Å²) < 4.78 is 21.7. The van der Waals surface area contributed by atoms with Crippen molar-refractivity contribution in [3.8, 4) is 5.75 Å². The smallest absolute Gasteiger partial charge is 0.191 e. The zero-order chi connectivity index (χ0) is 18.4. The zero-order valence-corrected chi connectivity index (χ0v) is 16.3. The molecule has 2 aromatic carbocycles. The minimum atomic E-state index is -0.293. The number of nitrogens with zero attached hydrogens (tertiary/aromatic N) is 3. The van der Waals surface area contributed by atoms with Crippen LogP contribution >= 0.6 is 27.7 Å². The predicted octanol–water partition coefficient (Wildman–Crippen LogP) is 5.24. The van der Waals surface area contributed by atoms with E-state index in [1.807, 2.05) is 16.7 Å². The third-order valence-electron chi connectivity index (χ3n) is 3.54. The first kappa shape index (κ1) is 18.7. The first-order chi connectivity index (χ1) is 12.7. The van der Waals surface area contributed by atoms with Crippen LogP contribution in [0, 0.1) is 5.82 Å². The molecule has 0 fully saturated rings. The van der Waals surface area contributed by atoms with Crippen LogP contribution in [-0.2, 0) is 18.9 Å². The van der Waals surface area contributed by atoms with Gasteiger partial charge in [0.05, 0.1) is 0 Å². The second-order valence-electron chi connectivity index (χ2n) is 5.46. The van der Waals surface area contributed by atoms with E-state index in [0.29, 0.717) is 18.1 Å². The molecule has 26 heavy (non-hydrogen) atoms. The highest BCUT2D eigenvalue weighted by Gasteiger charge is 2.12. The van der Waals surface area contributed by atoms with Crippen molar-refractivity contribution in [2.45, 2.75) is 24.1 Å². The van der Waals surface area contributed by atoms with Crippen molar-refractivity contribution in [1.29, 1.82) is 0 Å². The molecule has 0 unspecified atom stereocenters. The Morgan fingerprint density at radius 3 is 2.73 bits per heavy atom. The maximum atomic E-state index is 13.0. The summed E-state index contributed by atoms with van der Waals surface area (Å²) in [6.45, 7) is 4.65. The molecule has 1 heterocycles. The second kappa shape index (κ2) is 9.00. The van der Waals surface area contributed by atoms with Crippen LogP contribution in [0.3, 0.4) is 0 Å². The van der Waals surface area contributed by atoms with Gasteiger partial charge in [-0.25, -0.2) is 4.39 Å². The molecule has 0 saturated heterocycles. The molecule has 7 heteroatoms. The number of allylic oxidation sites excluding steroid dienone is 1. The Labute approximate surface area is 164 Å². The van der Waals surface area contributed by atoms with E-state index in [1.54, 1.807) is 30.0 Å². The lowest BCUT2D eigenvalue weighted by molar-refractivity contribution is 0.288. The largest absolute Gasteiger partial charge is 0.486 e. The molecule has 0 aliphatic heterocycles. The molecule has 0 aliphatic carbocycles. The van der Waals surface area contributed by atoms with Crippen molar-refractivity contribution in [2.75, 3.05) is 0 Å². The minimum Gasteiger partial charge on any atom is -0.486 e. The second-order valence-corrected chi connectivity index (χ2v) is 7.32. The van der Waals surface area contributed by atoms with Crippen LogP contribution in [0.25, 0.3) is 0 Å². The van der Waals surface area contributed by atoms with E-state index in [0.717, 1.165) is 15.4 Å². The van der Waals surface area contributed by atoms with Crippen LogP contribution in [0.5, 0.6) is 5.75 Å². The van der Waals surface area contributed by atoms with Gasteiger partial charge in [0.2, 0.25) is 0 Å². The molecular formula is C19H17BrFN3OS. The normalized spacial score (nSPS) is 10.7. The minimum absolute atomic E-state index is 0.254. The van der Waals surface area contributed by atoms with Gasteiger partial charge < -0.3 is 4.74 Å². The highest BCUT2D eigenvalue weighted by molar-refractivity contribution is 9.10. The van der Waals surface area contributed by atoms with Crippen LogP contribution in [-0.4, -0.2) is 14.8 Å². The van der Waals surface area contributed by atoms with E-state index in [9.17, 15) is 4.39 Å². The fourth-order valence-corrected chi connectivity index (χ4v) is 3.65. The van der Waals surface area contributed by atoms with Gasteiger partial charge in [0, 0.05) is 16.8 Å². The van der Waals surface area contributed by atoms with Crippen molar-refractivity contribution in [2.24, 2.45) is 0 Å². The topological polar surface area (TPSA) is 39.9 Å².